The Morgan fingerprint density at radius 2 is 1.88 bits per heavy atom. The average Bonchev–Trinajstić information content (AvgIpc) is 3.43. The van der Waals surface area contributed by atoms with Crippen molar-refractivity contribution in [2.24, 2.45) is 0 Å². The number of carboxylic acids is 1. The fourth-order valence-corrected chi connectivity index (χ4v) is 4.42. The van der Waals surface area contributed by atoms with Gasteiger partial charge in [-0.2, -0.15) is 0 Å². The van der Waals surface area contributed by atoms with E-state index in [0.717, 1.165) is 34.0 Å². The van der Waals surface area contributed by atoms with Gasteiger partial charge in [0.05, 0.1) is 6.61 Å². The van der Waals surface area contributed by atoms with E-state index in [1.54, 1.807) is 6.07 Å². The third kappa shape index (κ3) is 3.87. The van der Waals surface area contributed by atoms with Crippen molar-refractivity contribution >= 4 is 28.5 Å². The van der Waals surface area contributed by atoms with Crippen molar-refractivity contribution in [2.45, 2.75) is 19.8 Å². The van der Waals surface area contributed by atoms with Gasteiger partial charge in [-0.25, -0.2) is 4.79 Å². The number of hydrogen-bond acceptors (Lipinski definition) is 4. The number of aromatic nitrogens is 1. The standard InChI is InChI=1S/C26H22ClNO5/c1-2-10-31-20-9-8-19-24(23(25(28-19)26(29)30)15-6-4-3-5-7-15)17(20)11-16-12-21-22(13-18(16)27)33-14-32-21/h3-9,12-13,28H,2,10-11,14H2,1H3,(H,29,30). The molecule has 6 nitrogen and oxygen atoms in total. The Bertz CT molecular complexity index is 1350. The summed E-state index contributed by atoms with van der Waals surface area (Å²) in [4.78, 5) is 15.3. The van der Waals surface area contributed by atoms with Crippen LogP contribution in [0.25, 0.3) is 22.0 Å². The number of carbonyl (C=O) groups is 1. The van der Waals surface area contributed by atoms with Crippen LogP contribution in [0.1, 0.15) is 35.0 Å². The van der Waals surface area contributed by atoms with Crippen molar-refractivity contribution in [1.82, 2.24) is 4.98 Å². The van der Waals surface area contributed by atoms with Crippen LogP contribution in [-0.4, -0.2) is 29.5 Å². The molecule has 3 aromatic carbocycles. The van der Waals surface area contributed by atoms with Gasteiger partial charge >= 0.3 is 5.97 Å². The number of ether oxygens (including phenoxy) is 3. The van der Waals surface area contributed by atoms with Gasteiger partial charge in [-0.3, -0.25) is 0 Å². The molecule has 4 aromatic rings. The van der Waals surface area contributed by atoms with Crippen LogP contribution in [0.5, 0.6) is 17.2 Å². The van der Waals surface area contributed by atoms with Crippen LogP contribution in [-0.2, 0) is 6.42 Å². The highest BCUT2D eigenvalue weighted by molar-refractivity contribution is 6.31. The molecule has 33 heavy (non-hydrogen) atoms. The number of nitrogens with one attached hydrogen (secondary N) is 1. The quantitative estimate of drug-likeness (QED) is 0.336. The van der Waals surface area contributed by atoms with Crippen LogP contribution in [0, 0.1) is 0 Å². The molecule has 0 fully saturated rings. The van der Waals surface area contributed by atoms with Crippen LogP contribution in [0.4, 0.5) is 0 Å². The summed E-state index contributed by atoms with van der Waals surface area (Å²) in [5, 5.41) is 11.3. The number of H-pyrrole nitrogens is 1. The van der Waals surface area contributed by atoms with Crippen molar-refractivity contribution < 1.29 is 24.1 Å². The van der Waals surface area contributed by atoms with Crippen LogP contribution < -0.4 is 14.2 Å². The highest BCUT2D eigenvalue weighted by atomic mass is 35.5. The second-order valence-electron chi connectivity index (χ2n) is 7.83. The van der Waals surface area contributed by atoms with E-state index >= 15 is 0 Å². The molecular weight excluding hydrogens is 442 g/mol. The molecule has 1 aliphatic heterocycles. The molecule has 0 spiro atoms. The summed E-state index contributed by atoms with van der Waals surface area (Å²) in [5.74, 6) is 0.935. The van der Waals surface area contributed by atoms with E-state index < -0.39 is 5.97 Å². The predicted octanol–water partition coefficient (Wildman–Crippen LogP) is 6.29. The predicted molar refractivity (Wildman–Crippen MR) is 127 cm³/mol. The van der Waals surface area contributed by atoms with Gasteiger partial charge in [-0.1, -0.05) is 48.9 Å². The van der Waals surface area contributed by atoms with E-state index in [0.29, 0.717) is 40.9 Å². The first-order valence-corrected chi connectivity index (χ1v) is 11.1. The van der Waals surface area contributed by atoms with Crippen LogP contribution in [0.3, 0.4) is 0 Å². The first kappa shape index (κ1) is 21.2. The lowest BCUT2D eigenvalue weighted by Crippen LogP contribution is -2.02. The number of halogens is 1. The zero-order valence-corrected chi connectivity index (χ0v) is 18.7. The van der Waals surface area contributed by atoms with E-state index in [1.807, 2.05) is 55.5 Å². The molecule has 0 unspecified atom stereocenters. The Hall–Kier alpha value is -3.64. The number of aromatic carboxylic acids is 1. The molecule has 0 bridgehead atoms. The number of carboxylic acid groups (broad SMARTS) is 1. The molecule has 168 valence electrons. The lowest BCUT2D eigenvalue weighted by Gasteiger charge is -2.15. The van der Waals surface area contributed by atoms with Crippen molar-refractivity contribution in [3.8, 4) is 28.4 Å². The Balaban J connectivity index is 1.76. The fraction of sp³-hybridized carbons (Fsp3) is 0.192. The van der Waals surface area contributed by atoms with Crippen LogP contribution >= 0.6 is 11.6 Å². The first-order valence-electron chi connectivity index (χ1n) is 10.7. The molecule has 2 heterocycles. The first-order chi connectivity index (χ1) is 16.1. The molecule has 5 rings (SSSR count). The van der Waals surface area contributed by atoms with Gasteiger partial charge < -0.3 is 24.3 Å². The van der Waals surface area contributed by atoms with E-state index in [1.165, 1.54) is 0 Å². The fourth-order valence-electron chi connectivity index (χ4n) is 4.20. The van der Waals surface area contributed by atoms with E-state index in [-0.39, 0.29) is 12.5 Å². The zero-order chi connectivity index (χ0) is 22.9. The second kappa shape index (κ2) is 8.71. The number of fused-ring (bicyclic) bond motifs is 2. The summed E-state index contributed by atoms with van der Waals surface area (Å²) in [6.45, 7) is 2.75. The molecule has 0 aliphatic carbocycles. The largest absolute Gasteiger partial charge is 0.493 e. The third-order valence-corrected chi connectivity index (χ3v) is 6.03. The van der Waals surface area contributed by atoms with Crippen molar-refractivity contribution in [2.75, 3.05) is 13.4 Å². The molecule has 1 aromatic heterocycles. The van der Waals surface area contributed by atoms with Crippen molar-refractivity contribution in [1.29, 1.82) is 0 Å². The zero-order valence-electron chi connectivity index (χ0n) is 18.0. The molecular formula is C26H22ClNO5. The Labute approximate surface area is 195 Å². The normalized spacial score (nSPS) is 12.3. The molecule has 0 atom stereocenters. The Morgan fingerprint density at radius 3 is 2.61 bits per heavy atom. The van der Waals surface area contributed by atoms with Gasteiger partial charge in [0.2, 0.25) is 6.79 Å². The molecule has 2 N–H and O–H groups in total. The molecule has 0 radical (unpaired) electrons. The second-order valence-corrected chi connectivity index (χ2v) is 8.24. The number of aromatic amines is 1. The maximum atomic E-state index is 12.2. The smallest absolute Gasteiger partial charge is 0.352 e. The summed E-state index contributed by atoms with van der Waals surface area (Å²) in [7, 11) is 0. The molecule has 0 saturated carbocycles. The number of hydrogen-bond donors (Lipinski definition) is 2. The van der Waals surface area contributed by atoms with Crippen LogP contribution in [0.15, 0.2) is 54.6 Å². The van der Waals surface area contributed by atoms with Crippen molar-refractivity contribution in [3.05, 3.63) is 76.4 Å². The van der Waals surface area contributed by atoms with E-state index in [9.17, 15) is 9.90 Å². The molecule has 1 aliphatic rings. The minimum absolute atomic E-state index is 0.141. The summed E-state index contributed by atoms with van der Waals surface area (Å²) in [6.07, 6.45) is 1.28. The third-order valence-electron chi connectivity index (χ3n) is 5.68. The van der Waals surface area contributed by atoms with Gasteiger partial charge in [-0.05, 0) is 35.7 Å². The SMILES string of the molecule is CCCOc1ccc2[nH]c(C(=O)O)c(-c3ccccc3)c2c1Cc1cc2c(cc1Cl)OCO2. The Kier molecular flexibility index (Phi) is 5.60. The van der Waals surface area contributed by atoms with E-state index in [4.69, 9.17) is 25.8 Å². The van der Waals surface area contributed by atoms with Crippen molar-refractivity contribution in [3.63, 3.8) is 0 Å². The topological polar surface area (TPSA) is 80.8 Å². The summed E-state index contributed by atoms with van der Waals surface area (Å²) >= 11 is 6.60. The minimum atomic E-state index is -1.02. The average molecular weight is 464 g/mol. The Morgan fingerprint density at radius 1 is 1.12 bits per heavy atom. The van der Waals surface area contributed by atoms with Gasteiger partial charge in [-0.15, -0.1) is 0 Å². The summed E-state index contributed by atoms with van der Waals surface area (Å²) in [5.41, 5.74) is 4.01. The summed E-state index contributed by atoms with van der Waals surface area (Å²) in [6, 6.07) is 16.9. The van der Waals surface area contributed by atoms with Gasteiger partial charge in [0.15, 0.2) is 11.5 Å². The number of rotatable bonds is 7. The lowest BCUT2D eigenvalue weighted by molar-refractivity contribution is 0.0692. The van der Waals surface area contributed by atoms with Crippen LogP contribution in [0.2, 0.25) is 5.02 Å². The molecule has 0 saturated heterocycles. The molecule has 7 heteroatoms. The maximum Gasteiger partial charge on any atom is 0.352 e. The molecule has 0 amide bonds. The van der Waals surface area contributed by atoms with Gasteiger partial charge in [0.1, 0.15) is 11.4 Å². The highest BCUT2D eigenvalue weighted by Gasteiger charge is 2.24. The minimum Gasteiger partial charge on any atom is -0.493 e. The maximum absolute atomic E-state index is 12.2. The van der Waals surface area contributed by atoms with E-state index in [2.05, 4.69) is 4.98 Å². The monoisotopic (exact) mass is 463 g/mol. The lowest BCUT2D eigenvalue weighted by atomic mass is 9.94. The summed E-state index contributed by atoms with van der Waals surface area (Å²) < 4.78 is 17.1. The highest BCUT2D eigenvalue weighted by Crippen LogP contribution is 2.42. The van der Waals surface area contributed by atoms with Gasteiger partial charge in [0, 0.05) is 39.5 Å². The number of benzene rings is 3. The van der Waals surface area contributed by atoms with Gasteiger partial charge in [0.25, 0.3) is 0 Å².